The van der Waals surface area contributed by atoms with Gasteiger partial charge in [0.05, 0.1) is 7.11 Å². The van der Waals surface area contributed by atoms with Gasteiger partial charge in [0.2, 0.25) is 0 Å². The number of alkyl halides is 2. The van der Waals surface area contributed by atoms with Crippen LogP contribution in [0.5, 0.6) is 11.5 Å². The van der Waals surface area contributed by atoms with Gasteiger partial charge in [-0.05, 0) is 30.4 Å². The highest BCUT2D eigenvalue weighted by atomic mass is 19.3. The SMILES string of the molecule is COc1cccc(C(=O)C=Cc2ccccc2OC(F)F)c1. The van der Waals surface area contributed by atoms with E-state index in [1.807, 2.05) is 0 Å². The maximum atomic E-state index is 12.3. The summed E-state index contributed by atoms with van der Waals surface area (Å²) in [6.45, 7) is -2.91. The summed E-state index contributed by atoms with van der Waals surface area (Å²) < 4.78 is 34.1. The molecule has 22 heavy (non-hydrogen) atoms. The van der Waals surface area contributed by atoms with E-state index in [4.69, 9.17) is 4.74 Å². The predicted molar refractivity (Wildman–Crippen MR) is 79.4 cm³/mol. The number of allylic oxidation sites excluding steroid dienone is 1. The zero-order valence-corrected chi connectivity index (χ0v) is 11.8. The molecule has 0 atom stereocenters. The Morgan fingerprint density at radius 1 is 1.14 bits per heavy atom. The van der Waals surface area contributed by atoms with Gasteiger partial charge in [-0.25, -0.2) is 0 Å². The number of hydrogen-bond acceptors (Lipinski definition) is 3. The topological polar surface area (TPSA) is 35.5 Å². The Morgan fingerprint density at radius 2 is 1.91 bits per heavy atom. The lowest BCUT2D eigenvalue weighted by atomic mass is 10.1. The molecule has 0 saturated heterocycles. The number of carbonyl (C=O) groups is 1. The van der Waals surface area contributed by atoms with E-state index in [2.05, 4.69) is 4.74 Å². The first-order valence-electron chi connectivity index (χ1n) is 6.50. The predicted octanol–water partition coefficient (Wildman–Crippen LogP) is 4.19. The number of hydrogen-bond donors (Lipinski definition) is 0. The van der Waals surface area contributed by atoms with Crippen LogP contribution in [0.4, 0.5) is 8.78 Å². The fourth-order valence-electron chi connectivity index (χ4n) is 1.86. The van der Waals surface area contributed by atoms with E-state index in [9.17, 15) is 13.6 Å². The van der Waals surface area contributed by atoms with Gasteiger partial charge in [-0.2, -0.15) is 8.78 Å². The largest absolute Gasteiger partial charge is 0.497 e. The van der Waals surface area contributed by atoms with Crippen molar-refractivity contribution in [3.05, 3.63) is 65.7 Å². The molecule has 3 nitrogen and oxygen atoms in total. The lowest BCUT2D eigenvalue weighted by Crippen LogP contribution is -2.03. The van der Waals surface area contributed by atoms with Crippen LogP contribution in [-0.4, -0.2) is 19.5 Å². The van der Waals surface area contributed by atoms with Crippen LogP contribution in [0.2, 0.25) is 0 Å². The fraction of sp³-hybridized carbons (Fsp3) is 0.118. The smallest absolute Gasteiger partial charge is 0.387 e. The number of halogens is 2. The van der Waals surface area contributed by atoms with E-state index in [1.54, 1.807) is 42.5 Å². The summed E-state index contributed by atoms with van der Waals surface area (Å²) >= 11 is 0. The van der Waals surface area contributed by atoms with E-state index in [-0.39, 0.29) is 11.5 Å². The maximum absolute atomic E-state index is 12.3. The monoisotopic (exact) mass is 304 g/mol. The summed E-state index contributed by atoms with van der Waals surface area (Å²) in [5.74, 6) is 0.332. The van der Waals surface area contributed by atoms with Crippen molar-refractivity contribution in [1.82, 2.24) is 0 Å². The van der Waals surface area contributed by atoms with Crippen molar-refractivity contribution in [1.29, 1.82) is 0 Å². The van der Waals surface area contributed by atoms with Gasteiger partial charge in [0.1, 0.15) is 11.5 Å². The third-order valence-electron chi connectivity index (χ3n) is 2.90. The van der Waals surface area contributed by atoms with Gasteiger partial charge in [-0.15, -0.1) is 0 Å². The van der Waals surface area contributed by atoms with E-state index >= 15 is 0 Å². The van der Waals surface area contributed by atoms with E-state index in [0.717, 1.165) is 0 Å². The second-order valence-corrected chi connectivity index (χ2v) is 4.35. The zero-order valence-electron chi connectivity index (χ0n) is 11.8. The van der Waals surface area contributed by atoms with Crippen LogP contribution < -0.4 is 9.47 Å². The van der Waals surface area contributed by atoms with E-state index < -0.39 is 6.61 Å². The van der Waals surface area contributed by atoms with Crippen molar-refractivity contribution in [3.8, 4) is 11.5 Å². The molecular formula is C17H14F2O3. The van der Waals surface area contributed by atoms with Crippen LogP contribution in [0.3, 0.4) is 0 Å². The number of benzene rings is 2. The Morgan fingerprint density at radius 3 is 2.64 bits per heavy atom. The van der Waals surface area contributed by atoms with Crippen LogP contribution in [0, 0.1) is 0 Å². The number of rotatable bonds is 6. The van der Waals surface area contributed by atoms with Gasteiger partial charge in [-0.3, -0.25) is 4.79 Å². The maximum Gasteiger partial charge on any atom is 0.387 e. The van der Waals surface area contributed by atoms with Crippen molar-refractivity contribution in [3.63, 3.8) is 0 Å². The Hall–Kier alpha value is -2.69. The van der Waals surface area contributed by atoms with Gasteiger partial charge in [0, 0.05) is 11.1 Å². The lowest BCUT2D eigenvalue weighted by molar-refractivity contribution is -0.0499. The zero-order chi connectivity index (χ0) is 15.9. The average molecular weight is 304 g/mol. The van der Waals surface area contributed by atoms with E-state index in [1.165, 1.54) is 25.3 Å². The number of para-hydroxylation sites is 1. The number of ether oxygens (including phenoxy) is 2. The third-order valence-corrected chi connectivity index (χ3v) is 2.90. The molecule has 0 saturated carbocycles. The Labute approximate surface area is 126 Å². The van der Waals surface area contributed by atoms with Crippen molar-refractivity contribution in [2.45, 2.75) is 6.61 Å². The molecule has 0 amide bonds. The first-order chi connectivity index (χ1) is 10.6. The molecule has 0 bridgehead atoms. The molecule has 0 radical (unpaired) electrons. The summed E-state index contributed by atoms with van der Waals surface area (Å²) in [5, 5.41) is 0. The lowest BCUT2D eigenvalue weighted by Gasteiger charge is -2.07. The normalized spacial score (nSPS) is 10.9. The highest BCUT2D eigenvalue weighted by molar-refractivity contribution is 6.07. The van der Waals surface area contributed by atoms with Crippen molar-refractivity contribution in [2.24, 2.45) is 0 Å². The molecule has 0 N–H and O–H groups in total. The molecule has 0 heterocycles. The van der Waals surface area contributed by atoms with Crippen LogP contribution in [0.25, 0.3) is 6.08 Å². The second-order valence-electron chi connectivity index (χ2n) is 4.35. The summed E-state index contributed by atoms with van der Waals surface area (Å²) in [7, 11) is 1.51. The van der Waals surface area contributed by atoms with Gasteiger partial charge in [0.25, 0.3) is 0 Å². The minimum atomic E-state index is -2.91. The molecule has 0 aromatic heterocycles. The van der Waals surface area contributed by atoms with Crippen molar-refractivity contribution >= 4 is 11.9 Å². The number of ketones is 1. The fourth-order valence-corrected chi connectivity index (χ4v) is 1.86. The molecule has 0 unspecified atom stereocenters. The molecule has 2 aromatic rings. The molecule has 0 aliphatic rings. The Kier molecular flexibility index (Phi) is 5.25. The molecule has 2 rings (SSSR count). The molecule has 5 heteroatoms. The van der Waals surface area contributed by atoms with E-state index in [0.29, 0.717) is 16.9 Å². The van der Waals surface area contributed by atoms with Gasteiger partial charge in [0.15, 0.2) is 5.78 Å². The summed E-state index contributed by atoms with van der Waals surface area (Å²) in [4.78, 5) is 12.1. The van der Waals surface area contributed by atoms with Gasteiger partial charge < -0.3 is 9.47 Å². The minimum Gasteiger partial charge on any atom is -0.497 e. The summed E-state index contributed by atoms with van der Waals surface area (Å²) in [6.07, 6.45) is 2.75. The quantitative estimate of drug-likeness (QED) is 0.593. The molecule has 0 spiro atoms. The molecule has 0 aliphatic carbocycles. The highest BCUT2D eigenvalue weighted by Crippen LogP contribution is 2.22. The Bertz CT molecular complexity index is 681. The van der Waals surface area contributed by atoms with Gasteiger partial charge in [-0.1, -0.05) is 30.3 Å². The first-order valence-corrected chi connectivity index (χ1v) is 6.50. The second kappa shape index (κ2) is 7.36. The minimum absolute atomic E-state index is 0.0205. The van der Waals surface area contributed by atoms with Crippen molar-refractivity contribution < 1.29 is 23.0 Å². The number of carbonyl (C=O) groups excluding carboxylic acids is 1. The standard InChI is InChI=1S/C17H14F2O3/c1-21-14-7-4-6-13(11-14)15(20)10-9-12-5-2-3-8-16(12)22-17(18)19/h2-11,17H,1H3. The molecular weight excluding hydrogens is 290 g/mol. The summed E-state index contributed by atoms with van der Waals surface area (Å²) in [6, 6.07) is 13.0. The molecule has 0 fully saturated rings. The molecule has 0 aliphatic heterocycles. The van der Waals surface area contributed by atoms with Crippen LogP contribution in [0.15, 0.2) is 54.6 Å². The van der Waals surface area contributed by atoms with Crippen LogP contribution >= 0.6 is 0 Å². The Balaban J connectivity index is 2.19. The number of methoxy groups -OCH3 is 1. The van der Waals surface area contributed by atoms with Gasteiger partial charge >= 0.3 is 6.61 Å². The summed E-state index contributed by atoms with van der Waals surface area (Å²) in [5.41, 5.74) is 0.849. The highest BCUT2D eigenvalue weighted by Gasteiger charge is 2.08. The third kappa shape index (κ3) is 4.15. The van der Waals surface area contributed by atoms with Crippen LogP contribution in [-0.2, 0) is 0 Å². The first kappa shape index (κ1) is 15.7. The molecule has 2 aromatic carbocycles. The van der Waals surface area contributed by atoms with Crippen LogP contribution in [0.1, 0.15) is 15.9 Å². The molecule has 114 valence electrons. The average Bonchev–Trinajstić information content (AvgIpc) is 2.53. The van der Waals surface area contributed by atoms with Crippen molar-refractivity contribution in [2.75, 3.05) is 7.11 Å².